The molecule has 0 saturated heterocycles. The summed E-state index contributed by atoms with van der Waals surface area (Å²) in [6.45, 7) is 3.76. The Kier molecular flexibility index (Phi) is 8.93. The number of aryl methyl sites for hydroxylation is 1. The summed E-state index contributed by atoms with van der Waals surface area (Å²) < 4.78 is 22.3. The van der Waals surface area contributed by atoms with Gasteiger partial charge in [-0.2, -0.15) is 0 Å². The topological polar surface area (TPSA) is 65.9 Å². The van der Waals surface area contributed by atoms with E-state index in [1.165, 1.54) is 0 Å². The highest BCUT2D eigenvalue weighted by Gasteiger charge is 2.20. The molecule has 0 amide bonds. The standard InChI is InChI=1S/C30H31N3O4/c1-5-22-12-13-25(18-23(22)6-2)33(24-10-8-7-9-11-24)30-26-19-28(36-16-14-34-3)29(37-17-15-35-4)20-27(26)31-21-32-30/h2,7-13,18-21H,5,14-17H2,1,3-4H3. The molecule has 0 aliphatic carbocycles. The number of para-hydroxylation sites is 1. The maximum atomic E-state index is 6.04. The Balaban J connectivity index is 1.89. The Bertz CT molecular complexity index is 1370. The molecule has 1 aromatic heterocycles. The zero-order valence-corrected chi connectivity index (χ0v) is 21.4. The largest absolute Gasteiger partial charge is 0.487 e. The van der Waals surface area contributed by atoms with Crippen molar-refractivity contribution in [2.24, 2.45) is 0 Å². The van der Waals surface area contributed by atoms with Crippen LogP contribution in [0.2, 0.25) is 0 Å². The third-order valence-electron chi connectivity index (χ3n) is 5.88. The van der Waals surface area contributed by atoms with Crippen LogP contribution in [0.5, 0.6) is 11.5 Å². The van der Waals surface area contributed by atoms with E-state index in [1.807, 2.05) is 48.5 Å². The van der Waals surface area contributed by atoms with Gasteiger partial charge in [0.05, 0.1) is 18.7 Å². The minimum atomic E-state index is 0.373. The van der Waals surface area contributed by atoms with E-state index in [0.29, 0.717) is 43.7 Å². The molecule has 0 unspecified atom stereocenters. The summed E-state index contributed by atoms with van der Waals surface area (Å²) in [7, 11) is 3.27. The number of nitrogens with zero attached hydrogens (tertiary/aromatic N) is 3. The van der Waals surface area contributed by atoms with Crippen LogP contribution in [0.3, 0.4) is 0 Å². The van der Waals surface area contributed by atoms with E-state index < -0.39 is 0 Å². The maximum Gasteiger partial charge on any atom is 0.163 e. The minimum absolute atomic E-state index is 0.373. The first-order valence-electron chi connectivity index (χ1n) is 12.2. The van der Waals surface area contributed by atoms with Gasteiger partial charge in [0.1, 0.15) is 25.4 Å². The zero-order valence-electron chi connectivity index (χ0n) is 21.4. The van der Waals surface area contributed by atoms with Gasteiger partial charge in [-0.05, 0) is 42.3 Å². The van der Waals surface area contributed by atoms with E-state index in [2.05, 4.69) is 34.9 Å². The molecule has 7 nitrogen and oxygen atoms in total. The van der Waals surface area contributed by atoms with Crippen LogP contribution >= 0.6 is 0 Å². The molecule has 0 N–H and O–H groups in total. The number of aromatic nitrogens is 2. The normalized spacial score (nSPS) is 10.8. The molecule has 0 radical (unpaired) electrons. The summed E-state index contributed by atoms with van der Waals surface area (Å²) in [4.78, 5) is 11.3. The first kappa shape index (κ1) is 26.0. The fourth-order valence-corrected chi connectivity index (χ4v) is 4.04. The van der Waals surface area contributed by atoms with Gasteiger partial charge < -0.3 is 18.9 Å². The van der Waals surface area contributed by atoms with Gasteiger partial charge in [-0.25, -0.2) is 9.97 Å². The molecule has 4 aromatic rings. The Morgan fingerprint density at radius 3 is 2.16 bits per heavy atom. The Morgan fingerprint density at radius 1 is 0.811 bits per heavy atom. The van der Waals surface area contributed by atoms with Crippen LogP contribution in [0, 0.1) is 12.3 Å². The fourth-order valence-electron chi connectivity index (χ4n) is 4.04. The van der Waals surface area contributed by atoms with Crippen LogP contribution in [-0.2, 0) is 15.9 Å². The first-order valence-corrected chi connectivity index (χ1v) is 12.2. The van der Waals surface area contributed by atoms with E-state index in [-0.39, 0.29) is 0 Å². The number of ether oxygens (including phenoxy) is 4. The highest BCUT2D eigenvalue weighted by Crippen LogP contribution is 2.41. The molecule has 0 aliphatic heterocycles. The maximum absolute atomic E-state index is 6.04. The number of rotatable bonds is 12. The van der Waals surface area contributed by atoms with Gasteiger partial charge in [0, 0.05) is 42.6 Å². The summed E-state index contributed by atoms with van der Waals surface area (Å²) in [5.41, 5.74) is 4.55. The van der Waals surface area contributed by atoms with E-state index in [1.54, 1.807) is 20.5 Å². The van der Waals surface area contributed by atoms with Crippen LogP contribution in [-0.4, -0.2) is 50.6 Å². The molecular formula is C30H31N3O4. The third-order valence-corrected chi connectivity index (χ3v) is 5.88. The fraction of sp³-hybridized carbons (Fsp3) is 0.267. The second kappa shape index (κ2) is 12.7. The average Bonchev–Trinajstić information content (AvgIpc) is 2.94. The van der Waals surface area contributed by atoms with E-state index in [9.17, 15) is 0 Å². The average molecular weight is 498 g/mol. The number of benzene rings is 3. The lowest BCUT2D eigenvalue weighted by molar-refractivity contribution is 0.132. The number of fused-ring (bicyclic) bond motifs is 1. The highest BCUT2D eigenvalue weighted by molar-refractivity contribution is 5.96. The summed E-state index contributed by atoms with van der Waals surface area (Å²) in [6.07, 6.45) is 8.28. The van der Waals surface area contributed by atoms with Gasteiger partial charge in [-0.3, -0.25) is 4.90 Å². The lowest BCUT2D eigenvalue weighted by Crippen LogP contribution is -2.13. The van der Waals surface area contributed by atoms with Crippen LogP contribution in [0.15, 0.2) is 67.0 Å². The smallest absolute Gasteiger partial charge is 0.163 e. The molecule has 4 rings (SSSR count). The SMILES string of the molecule is C#Cc1cc(N(c2ccccc2)c2ncnc3cc(OCCOC)c(OCCOC)cc23)ccc1CC. The van der Waals surface area contributed by atoms with Crippen molar-refractivity contribution < 1.29 is 18.9 Å². The molecule has 7 heteroatoms. The highest BCUT2D eigenvalue weighted by atomic mass is 16.5. The van der Waals surface area contributed by atoms with Gasteiger partial charge >= 0.3 is 0 Å². The molecule has 190 valence electrons. The van der Waals surface area contributed by atoms with Crippen LogP contribution < -0.4 is 14.4 Å². The van der Waals surface area contributed by atoms with Crippen molar-refractivity contribution in [2.45, 2.75) is 13.3 Å². The van der Waals surface area contributed by atoms with Crippen molar-refractivity contribution in [3.8, 4) is 23.8 Å². The molecule has 3 aromatic carbocycles. The van der Waals surface area contributed by atoms with Gasteiger partial charge in [0.15, 0.2) is 11.5 Å². The molecule has 1 heterocycles. The molecule has 0 atom stereocenters. The molecular weight excluding hydrogens is 466 g/mol. The van der Waals surface area contributed by atoms with Crippen molar-refractivity contribution in [1.29, 1.82) is 0 Å². The van der Waals surface area contributed by atoms with Crippen LogP contribution in [0.25, 0.3) is 10.9 Å². The van der Waals surface area contributed by atoms with Crippen molar-refractivity contribution in [2.75, 3.05) is 45.5 Å². The monoisotopic (exact) mass is 497 g/mol. The minimum Gasteiger partial charge on any atom is -0.487 e. The van der Waals surface area contributed by atoms with Crippen LogP contribution in [0.1, 0.15) is 18.1 Å². The number of terminal acetylenes is 1. The van der Waals surface area contributed by atoms with E-state index in [0.717, 1.165) is 39.8 Å². The second-order valence-corrected chi connectivity index (χ2v) is 8.21. The second-order valence-electron chi connectivity index (χ2n) is 8.21. The number of methoxy groups -OCH3 is 2. The van der Waals surface area contributed by atoms with Gasteiger partial charge in [0.25, 0.3) is 0 Å². The van der Waals surface area contributed by atoms with Crippen molar-refractivity contribution in [3.05, 3.63) is 78.1 Å². The molecule has 0 bridgehead atoms. The quantitative estimate of drug-likeness (QED) is 0.184. The first-order chi connectivity index (χ1) is 18.2. The Labute approximate surface area is 218 Å². The number of hydrogen-bond acceptors (Lipinski definition) is 7. The Hall–Kier alpha value is -4.12. The van der Waals surface area contributed by atoms with Crippen molar-refractivity contribution in [1.82, 2.24) is 9.97 Å². The van der Waals surface area contributed by atoms with Gasteiger partial charge in [-0.15, -0.1) is 6.42 Å². The lowest BCUT2D eigenvalue weighted by Gasteiger charge is -2.26. The van der Waals surface area contributed by atoms with E-state index >= 15 is 0 Å². The van der Waals surface area contributed by atoms with Gasteiger partial charge in [0.2, 0.25) is 0 Å². The van der Waals surface area contributed by atoms with Crippen molar-refractivity contribution in [3.63, 3.8) is 0 Å². The summed E-state index contributed by atoms with van der Waals surface area (Å²) in [6, 6.07) is 20.0. The lowest BCUT2D eigenvalue weighted by atomic mass is 10.0. The molecule has 0 fully saturated rings. The summed E-state index contributed by atoms with van der Waals surface area (Å²) in [5.74, 6) is 4.69. The molecule has 0 saturated carbocycles. The molecule has 0 aliphatic rings. The van der Waals surface area contributed by atoms with E-state index in [4.69, 9.17) is 30.4 Å². The predicted octanol–water partition coefficient (Wildman–Crippen LogP) is 5.69. The van der Waals surface area contributed by atoms with Crippen molar-refractivity contribution >= 4 is 28.1 Å². The number of hydrogen-bond donors (Lipinski definition) is 0. The summed E-state index contributed by atoms with van der Waals surface area (Å²) >= 11 is 0. The zero-order chi connectivity index (χ0) is 26.0. The Morgan fingerprint density at radius 2 is 1.51 bits per heavy atom. The predicted molar refractivity (Wildman–Crippen MR) is 146 cm³/mol. The number of anilines is 3. The summed E-state index contributed by atoms with van der Waals surface area (Å²) in [5, 5.41) is 0.805. The molecule has 0 spiro atoms. The van der Waals surface area contributed by atoms with Crippen LogP contribution in [0.4, 0.5) is 17.2 Å². The molecule has 37 heavy (non-hydrogen) atoms. The third kappa shape index (κ3) is 6.00. The van der Waals surface area contributed by atoms with Gasteiger partial charge in [-0.1, -0.05) is 37.1 Å².